The van der Waals surface area contributed by atoms with Crippen molar-refractivity contribution < 1.29 is 14.3 Å². The number of hydrogen-bond donors (Lipinski definition) is 1. The fraction of sp³-hybridized carbons (Fsp3) is 0.167. The topological polar surface area (TPSA) is 58.6 Å². The molecule has 5 nitrogen and oxygen atoms in total. The summed E-state index contributed by atoms with van der Waals surface area (Å²) in [5, 5.41) is 3.46. The molecule has 0 spiro atoms. The number of ether oxygens (including phenoxy) is 1. The number of halogens is 1. The molecular formula is C24H23ClN2O3. The molecule has 2 amide bonds. The van der Waals surface area contributed by atoms with Crippen LogP contribution >= 0.6 is 11.6 Å². The van der Waals surface area contributed by atoms with Crippen molar-refractivity contribution in [2.24, 2.45) is 0 Å². The molecule has 0 saturated heterocycles. The van der Waals surface area contributed by atoms with E-state index in [0.717, 1.165) is 16.8 Å². The number of para-hydroxylation sites is 1. The van der Waals surface area contributed by atoms with Gasteiger partial charge in [-0.25, -0.2) is 0 Å². The van der Waals surface area contributed by atoms with Gasteiger partial charge in [-0.3, -0.25) is 9.59 Å². The summed E-state index contributed by atoms with van der Waals surface area (Å²) in [7, 11) is 1.73. The zero-order valence-electron chi connectivity index (χ0n) is 17.1. The van der Waals surface area contributed by atoms with Crippen LogP contribution in [0, 0.1) is 13.8 Å². The van der Waals surface area contributed by atoms with Crippen molar-refractivity contribution in [1.82, 2.24) is 0 Å². The Balaban J connectivity index is 1.57. The standard InChI is InChI=1S/C24H23ClN2O3/c1-16-13-21(14-17(2)23(16)25)30-15-22(28)26-19-11-9-18(10-12-19)24(29)27(3)20-7-5-4-6-8-20/h4-14H,15H2,1-3H3,(H,26,28). The van der Waals surface area contributed by atoms with Crippen molar-refractivity contribution in [3.05, 3.63) is 88.4 Å². The first-order valence-electron chi connectivity index (χ1n) is 9.47. The smallest absolute Gasteiger partial charge is 0.262 e. The monoisotopic (exact) mass is 422 g/mol. The third kappa shape index (κ3) is 5.19. The van der Waals surface area contributed by atoms with Crippen LogP contribution in [-0.2, 0) is 4.79 Å². The second-order valence-electron chi connectivity index (χ2n) is 6.98. The predicted molar refractivity (Wildman–Crippen MR) is 121 cm³/mol. The van der Waals surface area contributed by atoms with E-state index in [1.54, 1.807) is 48.3 Å². The number of carbonyl (C=O) groups excluding carboxylic acids is 2. The molecule has 154 valence electrons. The summed E-state index contributed by atoms with van der Waals surface area (Å²) in [5.41, 5.74) is 3.72. The first kappa shape index (κ1) is 21.4. The summed E-state index contributed by atoms with van der Waals surface area (Å²) >= 11 is 6.15. The molecule has 3 aromatic rings. The number of hydrogen-bond acceptors (Lipinski definition) is 3. The summed E-state index contributed by atoms with van der Waals surface area (Å²) in [6.07, 6.45) is 0. The lowest BCUT2D eigenvalue weighted by atomic mass is 10.1. The van der Waals surface area contributed by atoms with Crippen molar-refractivity contribution in [3.8, 4) is 5.75 Å². The van der Waals surface area contributed by atoms with E-state index in [2.05, 4.69) is 5.32 Å². The first-order chi connectivity index (χ1) is 14.3. The van der Waals surface area contributed by atoms with Crippen molar-refractivity contribution in [3.63, 3.8) is 0 Å². The average Bonchev–Trinajstić information content (AvgIpc) is 2.76. The Morgan fingerprint density at radius 3 is 2.17 bits per heavy atom. The maximum Gasteiger partial charge on any atom is 0.262 e. The van der Waals surface area contributed by atoms with Gasteiger partial charge in [0.25, 0.3) is 11.8 Å². The van der Waals surface area contributed by atoms with E-state index in [1.165, 1.54) is 0 Å². The van der Waals surface area contributed by atoms with E-state index >= 15 is 0 Å². The fourth-order valence-electron chi connectivity index (χ4n) is 2.99. The van der Waals surface area contributed by atoms with E-state index in [1.807, 2.05) is 44.2 Å². The molecule has 3 aromatic carbocycles. The van der Waals surface area contributed by atoms with Crippen molar-refractivity contribution in [1.29, 1.82) is 0 Å². The van der Waals surface area contributed by atoms with Gasteiger partial charge in [0.1, 0.15) is 5.75 Å². The molecule has 0 atom stereocenters. The maximum absolute atomic E-state index is 12.6. The first-order valence-corrected chi connectivity index (χ1v) is 9.85. The number of amides is 2. The average molecular weight is 423 g/mol. The number of nitrogens with zero attached hydrogens (tertiary/aromatic N) is 1. The van der Waals surface area contributed by atoms with E-state index in [0.29, 0.717) is 22.0 Å². The highest BCUT2D eigenvalue weighted by atomic mass is 35.5. The number of carbonyl (C=O) groups is 2. The Bertz CT molecular complexity index is 1030. The second-order valence-corrected chi connectivity index (χ2v) is 7.36. The molecule has 0 fully saturated rings. The Morgan fingerprint density at radius 2 is 1.57 bits per heavy atom. The molecule has 0 bridgehead atoms. The number of benzene rings is 3. The lowest BCUT2D eigenvalue weighted by Crippen LogP contribution is -2.26. The fourth-order valence-corrected chi connectivity index (χ4v) is 3.10. The Morgan fingerprint density at radius 1 is 0.967 bits per heavy atom. The molecule has 0 saturated carbocycles. The van der Waals surface area contributed by atoms with Crippen LogP contribution in [0.4, 0.5) is 11.4 Å². The van der Waals surface area contributed by atoms with Gasteiger partial charge in [-0.15, -0.1) is 0 Å². The summed E-state index contributed by atoms with van der Waals surface area (Å²) < 4.78 is 5.57. The summed E-state index contributed by atoms with van der Waals surface area (Å²) in [5.74, 6) is 0.172. The normalized spacial score (nSPS) is 10.4. The highest BCUT2D eigenvalue weighted by molar-refractivity contribution is 6.32. The number of nitrogens with one attached hydrogen (secondary N) is 1. The Labute approximate surface area is 181 Å². The maximum atomic E-state index is 12.6. The van der Waals surface area contributed by atoms with E-state index in [-0.39, 0.29) is 18.4 Å². The molecule has 30 heavy (non-hydrogen) atoms. The highest BCUT2D eigenvalue weighted by Gasteiger charge is 2.13. The molecule has 0 aliphatic rings. The third-order valence-corrected chi connectivity index (χ3v) is 5.24. The Kier molecular flexibility index (Phi) is 6.75. The molecule has 0 aliphatic carbocycles. The van der Waals surface area contributed by atoms with Crippen LogP contribution in [0.25, 0.3) is 0 Å². The molecule has 1 N–H and O–H groups in total. The van der Waals surface area contributed by atoms with E-state index < -0.39 is 0 Å². The largest absolute Gasteiger partial charge is 0.484 e. The predicted octanol–water partition coefficient (Wildman–Crippen LogP) is 5.25. The van der Waals surface area contributed by atoms with Crippen LogP contribution in [0.1, 0.15) is 21.5 Å². The van der Waals surface area contributed by atoms with Crippen LogP contribution in [-0.4, -0.2) is 25.5 Å². The molecular weight excluding hydrogens is 400 g/mol. The van der Waals surface area contributed by atoms with Gasteiger partial charge in [0.15, 0.2) is 6.61 Å². The molecule has 0 unspecified atom stereocenters. The zero-order valence-corrected chi connectivity index (χ0v) is 17.9. The minimum Gasteiger partial charge on any atom is -0.484 e. The molecule has 6 heteroatoms. The summed E-state index contributed by atoms with van der Waals surface area (Å²) in [6, 6.07) is 19.8. The van der Waals surface area contributed by atoms with Gasteiger partial charge in [-0.1, -0.05) is 29.8 Å². The number of anilines is 2. The summed E-state index contributed by atoms with van der Waals surface area (Å²) in [6.45, 7) is 3.65. The third-order valence-electron chi connectivity index (χ3n) is 4.64. The van der Waals surface area contributed by atoms with Crippen LogP contribution in [0.5, 0.6) is 5.75 Å². The van der Waals surface area contributed by atoms with Gasteiger partial charge in [0, 0.05) is 29.0 Å². The van der Waals surface area contributed by atoms with Crippen LogP contribution in [0.15, 0.2) is 66.7 Å². The SMILES string of the molecule is Cc1cc(OCC(=O)Nc2ccc(C(=O)N(C)c3ccccc3)cc2)cc(C)c1Cl. The van der Waals surface area contributed by atoms with Gasteiger partial charge in [0.2, 0.25) is 0 Å². The molecule has 0 aromatic heterocycles. The van der Waals surface area contributed by atoms with Crippen molar-refractivity contribution in [2.45, 2.75) is 13.8 Å². The molecule has 0 aliphatic heterocycles. The van der Waals surface area contributed by atoms with Gasteiger partial charge in [0.05, 0.1) is 0 Å². The zero-order chi connectivity index (χ0) is 21.7. The van der Waals surface area contributed by atoms with Crippen molar-refractivity contribution in [2.75, 3.05) is 23.9 Å². The molecule has 0 heterocycles. The molecule has 3 rings (SSSR count). The van der Waals surface area contributed by atoms with E-state index in [4.69, 9.17) is 16.3 Å². The number of rotatable bonds is 6. The second kappa shape index (κ2) is 9.46. The minimum absolute atomic E-state index is 0.127. The van der Waals surface area contributed by atoms with Crippen LogP contribution in [0.3, 0.4) is 0 Å². The molecule has 0 radical (unpaired) electrons. The van der Waals surface area contributed by atoms with Gasteiger partial charge < -0.3 is 15.0 Å². The number of aryl methyl sites for hydroxylation is 2. The lowest BCUT2D eigenvalue weighted by Gasteiger charge is -2.17. The highest BCUT2D eigenvalue weighted by Crippen LogP contribution is 2.26. The minimum atomic E-state index is -0.291. The van der Waals surface area contributed by atoms with Gasteiger partial charge in [-0.2, -0.15) is 0 Å². The van der Waals surface area contributed by atoms with Gasteiger partial charge in [-0.05, 0) is 73.5 Å². The quantitative estimate of drug-likeness (QED) is 0.590. The van der Waals surface area contributed by atoms with E-state index in [9.17, 15) is 9.59 Å². The van der Waals surface area contributed by atoms with Crippen molar-refractivity contribution >= 4 is 34.8 Å². The lowest BCUT2D eigenvalue weighted by molar-refractivity contribution is -0.118. The van der Waals surface area contributed by atoms with Crippen LogP contribution in [0.2, 0.25) is 5.02 Å². The van der Waals surface area contributed by atoms with Crippen LogP contribution < -0.4 is 15.0 Å². The Hall–Kier alpha value is -3.31. The summed E-state index contributed by atoms with van der Waals surface area (Å²) in [4.78, 5) is 26.4. The van der Waals surface area contributed by atoms with Gasteiger partial charge >= 0.3 is 0 Å².